The Morgan fingerprint density at radius 1 is 1.17 bits per heavy atom. The molecule has 1 fully saturated rings. The molecular formula is C25H20Cl2FN3O4. The second kappa shape index (κ2) is 8.78. The van der Waals surface area contributed by atoms with Crippen LogP contribution in [0.5, 0.6) is 5.75 Å². The number of fused-ring (bicyclic) bond motifs is 2. The Kier molecular flexibility index (Phi) is 5.91. The van der Waals surface area contributed by atoms with Gasteiger partial charge in [0.25, 0.3) is 11.9 Å². The molecule has 1 saturated heterocycles. The predicted molar refractivity (Wildman–Crippen MR) is 130 cm³/mol. The number of ether oxygens (including phenoxy) is 1. The Morgan fingerprint density at radius 3 is 2.51 bits per heavy atom. The number of carbonyl (C=O) groups excluding carboxylic acids is 1. The topological polar surface area (TPSA) is 84.7 Å². The molecule has 2 aliphatic heterocycles. The van der Waals surface area contributed by atoms with Crippen molar-refractivity contribution in [2.24, 2.45) is 0 Å². The Balaban J connectivity index is 1.51. The SMILES string of the molecule is CN1C[C@H](c2cc(Cl)c(OCc3ccccc3F)c(Cl)c2)[C@H]([N+](=O)[O-])[C@@]12C(=O)Nc1ccccc12. The van der Waals surface area contributed by atoms with E-state index in [0.717, 1.165) is 0 Å². The molecular weight excluding hydrogens is 496 g/mol. The van der Waals surface area contributed by atoms with Gasteiger partial charge in [0.2, 0.25) is 0 Å². The lowest BCUT2D eigenvalue weighted by atomic mass is 9.79. The minimum Gasteiger partial charge on any atom is -0.486 e. The average molecular weight is 516 g/mol. The van der Waals surface area contributed by atoms with E-state index < -0.39 is 34.1 Å². The minimum atomic E-state index is -1.47. The van der Waals surface area contributed by atoms with Crippen molar-refractivity contribution in [3.05, 3.63) is 103 Å². The fourth-order valence-electron chi connectivity index (χ4n) is 5.28. The van der Waals surface area contributed by atoms with Crippen LogP contribution in [0, 0.1) is 15.9 Å². The van der Waals surface area contributed by atoms with Crippen molar-refractivity contribution in [1.29, 1.82) is 0 Å². The number of nitro groups is 1. The molecule has 5 rings (SSSR count). The lowest BCUT2D eigenvalue weighted by Gasteiger charge is -2.30. The number of carbonyl (C=O) groups is 1. The molecule has 3 atom stereocenters. The summed E-state index contributed by atoms with van der Waals surface area (Å²) in [7, 11) is 1.70. The summed E-state index contributed by atoms with van der Waals surface area (Å²) in [4.78, 5) is 27.0. The number of hydrogen-bond donors (Lipinski definition) is 1. The van der Waals surface area contributed by atoms with Gasteiger partial charge in [-0.05, 0) is 36.9 Å². The van der Waals surface area contributed by atoms with Gasteiger partial charge in [0, 0.05) is 28.3 Å². The number of likely N-dealkylation sites (N-methyl/N-ethyl adjacent to an activating group) is 1. The highest BCUT2D eigenvalue weighted by Crippen LogP contribution is 2.52. The fraction of sp³-hybridized carbons (Fsp3) is 0.240. The van der Waals surface area contributed by atoms with Crippen LogP contribution in [-0.2, 0) is 16.9 Å². The average Bonchev–Trinajstić information content (AvgIpc) is 3.29. The first-order chi connectivity index (χ1) is 16.7. The molecule has 0 aliphatic carbocycles. The van der Waals surface area contributed by atoms with E-state index in [0.29, 0.717) is 22.4 Å². The summed E-state index contributed by atoms with van der Waals surface area (Å²) in [5, 5.41) is 15.5. The smallest absolute Gasteiger partial charge is 0.256 e. The molecule has 0 saturated carbocycles. The molecule has 2 heterocycles. The van der Waals surface area contributed by atoms with E-state index in [1.165, 1.54) is 6.07 Å². The first-order valence-corrected chi connectivity index (χ1v) is 11.6. The van der Waals surface area contributed by atoms with Crippen LogP contribution in [0.25, 0.3) is 0 Å². The van der Waals surface area contributed by atoms with Gasteiger partial charge in [0.05, 0.1) is 16.0 Å². The van der Waals surface area contributed by atoms with Gasteiger partial charge in [0.1, 0.15) is 12.4 Å². The normalized spacial score (nSPS) is 23.4. The molecule has 7 nitrogen and oxygen atoms in total. The number of hydrogen-bond acceptors (Lipinski definition) is 5. The highest BCUT2D eigenvalue weighted by Gasteiger charge is 2.68. The van der Waals surface area contributed by atoms with E-state index in [4.69, 9.17) is 27.9 Å². The maximum absolute atomic E-state index is 14.0. The van der Waals surface area contributed by atoms with Crippen molar-refractivity contribution >= 4 is 34.8 Å². The van der Waals surface area contributed by atoms with Gasteiger partial charge in [-0.2, -0.15) is 0 Å². The van der Waals surface area contributed by atoms with Gasteiger partial charge in [-0.3, -0.25) is 19.8 Å². The zero-order valence-electron chi connectivity index (χ0n) is 18.5. The zero-order chi connectivity index (χ0) is 24.9. The Labute approximate surface area is 210 Å². The van der Waals surface area contributed by atoms with Crippen molar-refractivity contribution < 1.29 is 18.8 Å². The summed E-state index contributed by atoms with van der Waals surface area (Å²) in [6.07, 6.45) is 0. The number of anilines is 1. The molecule has 2 aliphatic rings. The zero-order valence-corrected chi connectivity index (χ0v) is 20.0. The molecule has 10 heteroatoms. The second-order valence-corrected chi connectivity index (χ2v) is 9.49. The first-order valence-electron chi connectivity index (χ1n) is 10.9. The number of nitrogens with zero attached hydrogens (tertiary/aromatic N) is 2. The third kappa shape index (κ3) is 3.64. The van der Waals surface area contributed by atoms with Gasteiger partial charge in [0.15, 0.2) is 11.3 Å². The Hall–Kier alpha value is -3.20. The van der Waals surface area contributed by atoms with Crippen LogP contribution in [0.3, 0.4) is 0 Å². The standard InChI is InChI=1S/C25H20Cl2FN3O4/c1-30-12-16(23(31(33)34)25(30)17-7-3-5-9-21(17)29-24(25)32)15-10-18(26)22(19(27)11-15)35-13-14-6-2-4-8-20(14)28/h2-11,16,23H,12-13H2,1H3,(H,29,32)/t16-,23+,25+/m1/s1. The van der Waals surface area contributed by atoms with Crippen molar-refractivity contribution in [2.75, 3.05) is 18.9 Å². The van der Waals surface area contributed by atoms with Gasteiger partial charge in [-0.15, -0.1) is 0 Å². The van der Waals surface area contributed by atoms with Crippen LogP contribution >= 0.6 is 23.2 Å². The summed E-state index contributed by atoms with van der Waals surface area (Å²) in [5.41, 5.74) is 0.510. The number of nitrogens with one attached hydrogen (secondary N) is 1. The maximum Gasteiger partial charge on any atom is 0.256 e. The van der Waals surface area contributed by atoms with Crippen LogP contribution < -0.4 is 10.1 Å². The molecule has 1 spiro atoms. The maximum atomic E-state index is 14.0. The molecule has 0 aromatic heterocycles. The first kappa shape index (κ1) is 23.5. The van der Waals surface area contributed by atoms with Crippen LogP contribution in [0.4, 0.5) is 10.1 Å². The molecule has 35 heavy (non-hydrogen) atoms. The minimum absolute atomic E-state index is 0.0881. The summed E-state index contributed by atoms with van der Waals surface area (Å²) in [6.45, 7) is 0.144. The van der Waals surface area contributed by atoms with Crippen molar-refractivity contribution in [3.63, 3.8) is 0 Å². The van der Waals surface area contributed by atoms with Crippen LogP contribution in [0.15, 0.2) is 60.7 Å². The number of para-hydroxylation sites is 1. The molecule has 3 aromatic carbocycles. The molecule has 0 radical (unpaired) electrons. The Morgan fingerprint density at radius 2 is 1.83 bits per heavy atom. The Bertz CT molecular complexity index is 1330. The molecule has 1 N–H and O–H groups in total. The summed E-state index contributed by atoms with van der Waals surface area (Å²) < 4.78 is 19.6. The second-order valence-electron chi connectivity index (χ2n) is 8.68. The molecule has 0 bridgehead atoms. The summed E-state index contributed by atoms with van der Waals surface area (Å²) in [6, 6.07) is 15.0. The third-order valence-corrected chi connectivity index (χ3v) is 7.38. The quantitative estimate of drug-likeness (QED) is 0.371. The van der Waals surface area contributed by atoms with Gasteiger partial charge in [-0.1, -0.05) is 59.6 Å². The molecule has 180 valence electrons. The van der Waals surface area contributed by atoms with Crippen molar-refractivity contribution in [2.45, 2.75) is 24.1 Å². The largest absolute Gasteiger partial charge is 0.486 e. The van der Waals surface area contributed by atoms with Crippen LogP contribution in [0.1, 0.15) is 22.6 Å². The number of benzene rings is 3. The van der Waals surface area contributed by atoms with Gasteiger partial charge in [-0.25, -0.2) is 4.39 Å². The van der Waals surface area contributed by atoms with Crippen molar-refractivity contribution in [1.82, 2.24) is 4.90 Å². The van der Waals surface area contributed by atoms with E-state index in [2.05, 4.69) is 5.32 Å². The number of halogens is 3. The van der Waals surface area contributed by atoms with E-state index in [1.807, 2.05) is 0 Å². The fourth-order valence-corrected chi connectivity index (χ4v) is 5.89. The van der Waals surface area contributed by atoms with Gasteiger partial charge >= 0.3 is 0 Å². The third-order valence-electron chi connectivity index (χ3n) is 6.82. The summed E-state index contributed by atoms with van der Waals surface area (Å²) >= 11 is 13.0. The van der Waals surface area contributed by atoms with E-state index in [1.54, 1.807) is 66.5 Å². The summed E-state index contributed by atoms with van der Waals surface area (Å²) in [5.74, 6) is -1.38. The van der Waals surface area contributed by atoms with Crippen LogP contribution in [0.2, 0.25) is 10.0 Å². The van der Waals surface area contributed by atoms with E-state index >= 15 is 0 Å². The van der Waals surface area contributed by atoms with Gasteiger partial charge < -0.3 is 10.1 Å². The highest BCUT2D eigenvalue weighted by molar-refractivity contribution is 6.37. The number of rotatable bonds is 5. The monoisotopic (exact) mass is 515 g/mol. The lowest BCUT2D eigenvalue weighted by Crippen LogP contribution is -2.54. The number of amides is 1. The highest BCUT2D eigenvalue weighted by atomic mass is 35.5. The molecule has 0 unspecified atom stereocenters. The van der Waals surface area contributed by atoms with Crippen molar-refractivity contribution in [3.8, 4) is 5.75 Å². The number of likely N-dealkylation sites (tertiary alicyclic amines) is 1. The molecule has 1 amide bonds. The molecule has 3 aromatic rings. The van der Waals surface area contributed by atoms with Crippen LogP contribution in [-0.4, -0.2) is 35.4 Å². The van der Waals surface area contributed by atoms with E-state index in [9.17, 15) is 19.3 Å². The van der Waals surface area contributed by atoms with E-state index in [-0.39, 0.29) is 28.9 Å². The predicted octanol–water partition coefficient (Wildman–Crippen LogP) is 5.23. The lowest BCUT2D eigenvalue weighted by molar-refractivity contribution is -0.534.